The number of rotatable bonds is 7. The SMILES string of the molecule is CC1(Cc2cccc(-c3ccc(-c4nc(Cl)nc(-c5ccc(-c6ccccc6)cc5)n4)cc3)c2)c2ccccc2-c2ccc(-c3cccc4c3[nH]c3c5ccccc5ccc43)cc21. The highest BCUT2D eigenvalue weighted by Gasteiger charge is 2.39. The van der Waals surface area contributed by atoms with E-state index in [1.807, 2.05) is 30.3 Å². The zero-order valence-electron chi connectivity index (χ0n) is 34.5. The molecule has 12 rings (SSSR count). The lowest BCUT2D eigenvalue weighted by atomic mass is 9.74. The maximum atomic E-state index is 6.50. The van der Waals surface area contributed by atoms with Crippen molar-refractivity contribution in [2.24, 2.45) is 0 Å². The molecule has 0 radical (unpaired) electrons. The van der Waals surface area contributed by atoms with Crippen molar-refractivity contribution in [1.29, 1.82) is 0 Å². The highest BCUT2D eigenvalue weighted by atomic mass is 35.5. The molecule has 1 N–H and O–H groups in total. The molecule has 0 aliphatic heterocycles. The van der Waals surface area contributed by atoms with Crippen LogP contribution in [0.4, 0.5) is 0 Å². The highest BCUT2D eigenvalue weighted by molar-refractivity contribution is 6.28. The van der Waals surface area contributed by atoms with E-state index in [2.05, 4.69) is 192 Å². The molecular weight excluding hydrogens is 788 g/mol. The number of aromatic amines is 1. The van der Waals surface area contributed by atoms with E-state index in [9.17, 15) is 0 Å². The largest absolute Gasteiger partial charge is 0.353 e. The quantitative estimate of drug-likeness (QED) is 0.174. The summed E-state index contributed by atoms with van der Waals surface area (Å²) in [5.74, 6) is 1.08. The molecule has 2 heterocycles. The molecule has 0 bridgehead atoms. The number of nitrogens with one attached hydrogen (secondary N) is 1. The van der Waals surface area contributed by atoms with Gasteiger partial charge in [0.25, 0.3) is 0 Å². The van der Waals surface area contributed by atoms with Crippen LogP contribution >= 0.6 is 11.6 Å². The van der Waals surface area contributed by atoms with Crippen LogP contribution in [0.2, 0.25) is 5.28 Å². The fourth-order valence-corrected chi connectivity index (χ4v) is 10.1. The van der Waals surface area contributed by atoms with Crippen molar-refractivity contribution in [3.8, 4) is 67.3 Å². The van der Waals surface area contributed by atoms with Crippen molar-refractivity contribution in [3.63, 3.8) is 0 Å². The number of fused-ring (bicyclic) bond motifs is 8. The van der Waals surface area contributed by atoms with Crippen LogP contribution in [0.5, 0.6) is 0 Å². The summed E-state index contributed by atoms with van der Waals surface area (Å²) in [6.45, 7) is 2.42. The molecule has 1 aliphatic rings. The average molecular weight is 827 g/mol. The van der Waals surface area contributed by atoms with E-state index in [4.69, 9.17) is 16.6 Å². The van der Waals surface area contributed by atoms with Crippen LogP contribution in [0, 0.1) is 0 Å². The van der Waals surface area contributed by atoms with Gasteiger partial charge in [-0.3, -0.25) is 0 Å². The summed E-state index contributed by atoms with van der Waals surface area (Å²) < 4.78 is 0. The van der Waals surface area contributed by atoms with E-state index in [-0.39, 0.29) is 10.7 Å². The fraction of sp³-hybridized carbons (Fsp3) is 0.0517. The highest BCUT2D eigenvalue weighted by Crippen LogP contribution is 2.52. The van der Waals surface area contributed by atoms with Crippen molar-refractivity contribution in [2.75, 3.05) is 0 Å². The zero-order chi connectivity index (χ0) is 42.1. The van der Waals surface area contributed by atoms with Crippen molar-refractivity contribution < 1.29 is 0 Å². The number of hydrogen-bond acceptors (Lipinski definition) is 3. The molecule has 1 aliphatic carbocycles. The predicted octanol–water partition coefficient (Wildman–Crippen LogP) is 15.2. The van der Waals surface area contributed by atoms with Gasteiger partial charge in [-0.1, -0.05) is 201 Å². The van der Waals surface area contributed by atoms with Gasteiger partial charge in [0, 0.05) is 38.3 Å². The van der Waals surface area contributed by atoms with Crippen molar-refractivity contribution >= 4 is 44.2 Å². The summed E-state index contributed by atoms with van der Waals surface area (Å²) in [7, 11) is 0. The summed E-state index contributed by atoms with van der Waals surface area (Å²) >= 11 is 6.50. The van der Waals surface area contributed by atoms with Crippen molar-refractivity contribution in [2.45, 2.75) is 18.8 Å². The lowest BCUT2D eigenvalue weighted by molar-refractivity contribution is 0.583. The van der Waals surface area contributed by atoms with Gasteiger partial charge in [-0.25, -0.2) is 4.98 Å². The topological polar surface area (TPSA) is 54.5 Å². The Morgan fingerprint density at radius 2 is 0.984 bits per heavy atom. The average Bonchev–Trinajstić information content (AvgIpc) is 3.84. The van der Waals surface area contributed by atoms with Crippen LogP contribution in [0.15, 0.2) is 200 Å². The van der Waals surface area contributed by atoms with Crippen molar-refractivity contribution in [3.05, 3.63) is 222 Å². The Morgan fingerprint density at radius 3 is 1.78 bits per heavy atom. The van der Waals surface area contributed by atoms with E-state index >= 15 is 0 Å². The second-order valence-corrected chi connectivity index (χ2v) is 17.2. The van der Waals surface area contributed by atoms with E-state index in [0.29, 0.717) is 11.6 Å². The summed E-state index contributed by atoms with van der Waals surface area (Å²) in [5.41, 5.74) is 17.5. The number of aromatic nitrogens is 4. The normalized spacial score (nSPS) is 14.3. The van der Waals surface area contributed by atoms with Crippen LogP contribution in [0.1, 0.15) is 23.6 Å². The molecule has 0 saturated carbocycles. The second-order valence-electron chi connectivity index (χ2n) is 16.8. The molecule has 0 spiro atoms. The molecule has 4 nitrogen and oxygen atoms in total. The summed E-state index contributed by atoms with van der Waals surface area (Å²) in [4.78, 5) is 17.7. The Balaban J connectivity index is 0.858. The fourth-order valence-electron chi connectivity index (χ4n) is 9.98. The molecule has 63 heavy (non-hydrogen) atoms. The molecule has 11 aromatic rings. The number of halogens is 1. The number of para-hydroxylation sites is 1. The molecule has 1 atom stereocenters. The van der Waals surface area contributed by atoms with Crippen LogP contribution < -0.4 is 0 Å². The maximum Gasteiger partial charge on any atom is 0.226 e. The first-order valence-electron chi connectivity index (χ1n) is 21.4. The minimum absolute atomic E-state index is 0.165. The van der Waals surface area contributed by atoms with E-state index in [0.717, 1.165) is 39.8 Å². The van der Waals surface area contributed by atoms with Gasteiger partial charge in [0.05, 0.1) is 11.0 Å². The monoisotopic (exact) mass is 826 g/mol. The van der Waals surface area contributed by atoms with E-state index in [1.165, 1.54) is 71.5 Å². The minimum atomic E-state index is -0.244. The van der Waals surface area contributed by atoms with Crippen molar-refractivity contribution in [1.82, 2.24) is 19.9 Å². The lowest BCUT2D eigenvalue weighted by Gasteiger charge is -2.28. The molecule has 0 saturated heterocycles. The molecule has 0 fully saturated rings. The van der Waals surface area contributed by atoms with Crippen LogP contribution in [-0.4, -0.2) is 19.9 Å². The second kappa shape index (κ2) is 14.8. The molecule has 2 aromatic heterocycles. The zero-order valence-corrected chi connectivity index (χ0v) is 35.2. The van der Waals surface area contributed by atoms with Gasteiger partial charge in [0.15, 0.2) is 11.6 Å². The number of nitrogens with zero attached hydrogens (tertiary/aromatic N) is 3. The third kappa shape index (κ3) is 6.33. The van der Waals surface area contributed by atoms with Gasteiger partial charge in [-0.05, 0) is 85.1 Å². The first kappa shape index (κ1) is 37.1. The minimum Gasteiger partial charge on any atom is -0.353 e. The van der Waals surface area contributed by atoms with Gasteiger partial charge in [-0.15, -0.1) is 0 Å². The Bertz CT molecular complexity index is 3560. The molecule has 298 valence electrons. The molecule has 9 aromatic carbocycles. The van der Waals surface area contributed by atoms with Gasteiger partial charge >= 0.3 is 0 Å². The summed E-state index contributed by atoms with van der Waals surface area (Å²) in [6, 6.07) is 71.8. The van der Waals surface area contributed by atoms with Crippen LogP contribution in [0.25, 0.3) is 99.9 Å². The van der Waals surface area contributed by atoms with Crippen LogP contribution in [0.3, 0.4) is 0 Å². The van der Waals surface area contributed by atoms with Gasteiger partial charge in [0.1, 0.15) is 0 Å². The predicted molar refractivity (Wildman–Crippen MR) is 261 cm³/mol. The van der Waals surface area contributed by atoms with E-state index < -0.39 is 0 Å². The standard InChI is InChI=1S/C58H39ClN4/c1-58(51-20-8-7-17-47(51)48-31-30-44(34-52(48)58)46-18-10-19-49-50-32-29-40-14-5-6-16-45(40)53(50)60-54(46)49)35-36-11-9-15-43(33-36)39-23-27-42(28-24-39)56-61-55(62-57(59)63-56)41-25-21-38(22-26-41)37-12-3-2-4-13-37/h2-34,60H,35H2,1H3. The number of H-pyrrole nitrogens is 1. The molecule has 0 amide bonds. The van der Waals surface area contributed by atoms with Crippen LogP contribution in [-0.2, 0) is 11.8 Å². The molecule has 5 heteroatoms. The molecular formula is C58H39ClN4. The number of benzene rings is 9. The number of hydrogen-bond donors (Lipinski definition) is 1. The summed E-state index contributed by atoms with van der Waals surface area (Å²) in [5, 5.41) is 5.15. The molecule has 1 unspecified atom stereocenters. The first-order valence-corrected chi connectivity index (χ1v) is 21.8. The third-order valence-electron chi connectivity index (χ3n) is 13.1. The van der Waals surface area contributed by atoms with E-state index in [1.54, 1.807) is 0 Å². The Kier molecular flexibility index (Phi) is 8.70. The third-order valence-corrected chi connectivity index (χ3v) is 13.3. The smallest absolute Gasteiger partial charge is 0.226 e. The maximum absolute atomic E-state index is 6.50. The van der Waals surface area contributed by atoms with Gasteiger partial charge in [0.2, 0.25) is 5.28 Å². The Hall–Kier alpha value is -7.66. The summed E-state index contributed by atoms with van der Waals surface area (Å²) in [6.07, 6.45) is 0.855. The lowest BCUT2D eigenvalue weighted by Crippen LogP contribution is -2.24. The van der Waals surface area contributed by atoms with Gasteiger partial charge in [-0.2, -0.15) is 9.97 Å². The Morgan fingerprint density at radius 1 is 0.413 bits per heavy atom. The first-order chi connectivity index (χ1) is 31.0. The Labute approximate surface area is 370 Å². The van der Waals surface area contributed by atoms with Gasteiger partial charge < -0.3 is 4.98 Å².